The SMILES string of the molecule is Cc1cc(OCCCc2c3n(c4c(-c5c(C)n[nH]c5C)c(Cl)ccc24)[C@H](C)CN(c2cc4cc(C(=O)O)ccc4n2C)C3=O)cc(C)c1Cl. The van der Waals surface area contributed by atoms with Gasteiger partial charge >= 0.3 is 5.97 Å². The number of carboxylic acids is 1. The molecule has 49 heavy (non-hydrogen) atoms. The molecule has 0 fully saturated rings. The van der Waals surface area contributed by atoms with Crippen molar-refractivity contribution in [1.29, 1.82) is 0 Å². The molecule has 1 aliphatic heterocycles. The maximum atomic E-state index is 14.8. The second kappa shape index (κ2) is 12.3. The molecular formula is C38H37Cl2N5O4. The molecule has 1 aliphatic rings. The standard InChI is InChI=1S/C38H37Cl2N5O4/c1-19-14-26(15-20(2)34(19)40)49-13-7-8-27-28-10-11-29(39)33(32-22(4)41-42-23(32)5)35(28)45-21(3)18-44(37(46)36(27)45)31-17-25-16-24(38(47)48)9-12-30(25)43(31)6/h9-12,14-17,21H,7-8,13,18H2,1-6H3,(H,41,42)(H,47,48)/t21-/m1/s1. The molecule has 0 saturated heterocycles. The fourth-order valence-corrected chi connectivity index (χ4v) is 7.79. The Morgan fingerprint density at radius 2 is 1.78 bits per heavy atom. The fourth-order valence-electron chi connectivity index (χ4n) is 7.44. The molecule has 0 aliphatic carbocycles. The lowest BCUT2D eigenvalue weighted by Gasteiger charge is -2.34. The van der Waals surface area contributed by atoms with Gasteiger partial charge in [0.25, 0.3) is 5.91 Å². The molecule has 2 N–H and O–H groups in total. The number of benzene rings is 3. The Morgan fingerprint density at radius 1 is 1.04 bits per heavy atom. The number of rotatable bonds is 8. The second-order valence-corrected chi connectivity index (χ2v) is 13.8. The molecule has 11 heteroatoms. The molecule has 4 heterocycles. The number of carboxylic acid groups (broad SMARTS) is 1. The molecule has 0 unspecified atom stereocenters. The van der Waals surface area contributed by atoms with E-state index in [-0.39, 0.29) is 17.5 Å². The third-order valence-corrected chi connectivity index (χ3v) is 10.6. The Morgan fingerprint density at radius 3 is 2.45 bits per heavy atom. The van der Waals surface area contributed by atoms with Gasteiger partial charge in [-0.2, -0.15) is 5.10 Å². The third-order valence-electron chi connectivity index (χ3n) is 9.72. The zero-order valence-electron chi connectivity index (χ0n) is 28.2. The van der Waals surface area contributed by atoms with Crippen LogP contribution in [0, 0.1) is 27.7 Å². The van der Waals surface area contributed by atoms with Crippen molar-refractivity contribution in [1.82, 2.24) is 19.3 Å². The number of anilines is 1. The maximum Gasteiger partial charge on any atom is 0.335 e. The van der Waals surface area contributed by atoms with Crippen molar-refractivity contribution in [2.75, 3.05) is 18.1 Å². The van der Waals surface area contributed by atoms with Gasteiger partial charge in [-0.25, -0.2) is 4.79 Å². The van der Waals surface area contributed by atoms with Gasteiger partial charge in [-0.15, -0.1) is 0 Å². The Hall–Kier alpha value is -4.73. The first-order valence-corrected chi connectivity index (χ1v) is 17.0. The number of nitrogens with zero attached hydrogens (tertiary/aromatic N) is 4. The molecule has 0 saturated carbocycles. The van der Waals surface area contributed by atoms with E-state index in [2.05, 4.69) is 21.7 Å². The van der Waals surface area contributed by atoms with Gasteiger partial charge in [0.2, 0.25) is 0 Å². The Bertz CT molecular complexity index is 2290. The summed E-state index contributed by atoms with van der Waals surface area (Å²) in [6, 6.07) is 14.6. The minimum Gasteiger partial charge on any atom is -0.494 e. The lowest BCUT2D eigenvalue weighted by molar-refractivity contribution is 0.0696. The van der Waals surface area contributed by atoms with E-state index in [9.17, 15) is 14.7 Å². The minimum absolute atomic E-state index is 0.113. The van der Waals surface area contributed by atoms with Crippen molar-refractivity contribution in [3.63, 3.8) is 0 Å². The van der Waals surface area contributed by atoms with Gasteiger partial charge in [0.1, 0.15) is 17.3 Å². The molecule has 1 atom stereocenters. The van der Waals surface area contributed by atoms with Crippen LogP contribution in [0.25, 0.3) is 32.9 Å². The highest BCUT2D eigenvalue weighted by atomic mass is 35.5. The van der Waals surface area contributed by atoms with E-state index >= 15 is 0 Å². The minimum atomic E-state index is -0.994. The number of carbonyl (C=O) groups excluding carboxylic acids is 1. The summed E-state index contributed by atoms with van der Waals surface area (Å²) in [5.74, 6) is 0.350. The van der Waals surface area contributed by atoms with Crippen LogP contribution in [-0.4, -0.2) is 49.5 Å². The predicted molar refractivity (Wildman–Crippen MR) is 195 cm³/mol. The number of carbonyl (C=O) groups is 2. The second-order valence-electron chi connectivity index (χ2n) is 13.1. The number of nitrogens with one attached hydrogen (secondary N) is 1. The molecule has 9 nitrogen and oxygen atoms in total. The number of hydrogen-bond acceptors (Lipinski definition) is 4. The Labute approximate surface area is 294 Å². The predicted octanol–water partition coefficient (Wildman–Crippen LogP) is 8.99. The zero-order chi connectivity index (χ0) is 34.9. The Balaban J connectivity index is 1.35. The number of hydrogen-bond donors (Lipinski definition) is 2. The highest BCUT2D eigenvalue weighted by molar-refractivity contribution is 6.35. The summed E-state index contributed by atoms with van der Waals surface area (Å²) in [7, 11) is 1.90. The molecule has 0 radical (unpaired) electrons. The highest BCUT2D eigenvalue weighted by Crippen LogP contribution is 2.45. The van der Waals surface area contributed by atoms with Crippen LogP contribution in [0.15, 0.2) is 48.5 Å². The first-order valence-electron chi connectivity index (χ1n) is 16.3. The quantitative estimate of drug-likeness (QED) is 0.155. The van der Waals surface area contributed by atoms with Crippen LogP contribution in [0.5, 0.6) is 5.75 Å². The summed E-state index contributed by atoms with van der Waals surface area (Å²) in [5, 5.41) is 20.2. The number of aromatic amines is 1. The molecule has 252 valence electrons. The third kappa shape index (κ3) is 5.36. The number of halogens is 2. The van der Waals surface area contributed by atoms with Crippen LogP contribution in [-0.2, 0) is 13.5 Å². The van der Waals surface area contributed by atoms with Crippen LogP contribution in [0.1, 0.15) is 68.3 Å². The summed E-state index contributed by atoms with van der Waals surface area (Å²) in [6.07, 6.45) is 1.26. The normalized spacial score (nSPS) is 14.7. The molecule has 7 rings (SSSR count). The van der Waals surface area contributed by atoms with Gasteiger partial charge in [-0.05, 0) is 107 Å². The summed E-state index contributed by atoms with van der Waals surface area (Å²) < 4.78 is 10.3. The van der Waals surface area contributed by atoms with Crippen molar-refractivity contribution in [3.05, 3.63) is 97.9 Å². The average Bonchev–Trinajstić information content (AvgIpc) is 3.70. The maximum absolute atomic E-state index is 14.8. The van der Waals surface area contributed by atoms with E-state index in [0.29, 0.717) is 42.5 Å². The summed E-state index contributed by atoms with van der Waals surface area (Å²) in [5.41, 5.74) is 8.97. The zero-order valence-corrected chi connectivity index (χ0v) is 29.8. The van der Waals surface area contributed by atoms with Gasteiger partial charge in [-0.1, -0.05) is 29.3 Å². The molecule has 0 spiro atoms. The smallest absolute Gasteiger partial charge is 0.335 e. The lowest BCUT2D eigenvalue weighted by atomic mass is 9.98. The van der Waals surface area contributed by atoms with E-state index in [1.54, 1.807) is 18.2 Å². The van der Waals surface area contributed by atoms with E-state index in [1.807, 2.05) is 74.5 Å². The Kier molecular flexibility index (Phi) is 8.24. The molecule has 3 aromatic carbocycles. The van der Waals surface area contributed by atoms with Crippen molar-refractivity contribution in [2.45, 2.75) is 53.5 Å². The van der Waals surface area contributed by atoms with Crippen molar-refractivity contribution in [2.24, 2.45) is 7.05 Å². The number of ether oxygens (including phenoxy) is 1. The van der Waals surface area contributed by atoms with Gasteiger partial charge in [0, 0.05) is 57.8 Å². The van der Waals surface area contributed by atoms with Crippen LogP contribution in [0.3, 0.4) is 0 Å². The van der Waals surface area contributed by atoms with Crippen molar-refractivity contribution in [3.8, 4) is 16.9 Å². The van der Waals surface area contributed by atoms with Crippen LogP contribution in [0.2, 0.25) is 10.0 Å². The largest absolute Gasteiger partial charge is 0.494 e. The molecular weight excluding hydrogens is 661 g/mol. The topological polar surface area (TPSA) is 105 Å². The van der Waals surface area contributed by atoms with E-state index in [1.165, 1.54) is 0 Å². The summed E-state index contributed by atoms with van der Waals surface area (Å²) in [6.45, 7) is 10.9. The van der Waals surface area contributed by atoms with Crippen LogP contribution in [0.4, 0.5) is 5.82 Å². The molecule has 3 aromatic heterocycles. The van der Waals surface area contributed by atoms with E-state index < -0.39 is 5.97 Å². The van der Waals surface area contributed by atoms with E-state index in [4.69, 9.17) is 27.9 Å². The van der Waals surface area contributed by atoms with Crippen molar-refractivity contribution < 1.29 is 19.4 Å². The van der Waals surface area contributed by atoms with Gasteiger partial charge in [0.15, 0.2) is 0 Å². The first kappa shape index (κ1) is 32.8. The summed E-state index contributed by atoms with van der Waals surface area (Å²) >= 11 is 13.4. The molecule has 0 bridgehead atoms. The average molecular weight is 699 g/mol. The number of fused-ring (bicyclic) bond motifs is 4. The molecule has 1 amide bonds. The lowest BCUT2D eigenvalue weighted by Crippen LogP contribution is -2.43. The monoisotopic (exact) mass is 697 g/mol. The summed E-state index contributed by atoms with van der Waals surface area (Å²) in [4.78, 5) is 28.4. The number of aromatic carboxylic acids is 1. The van der Waals surface area contributed by atoms with Crippen LogP contribution < -0.4 is 9.64 Å². The first-order chi connectivity index (χ1) is 23.4. The van der Waals surface area contributed by atoms with Gasteiger partial charge < -0.3 is 19.0 Å². The molecule has 6 aromatic rings. The number of H-pyrrole nitrogens is 1. The number of aromatic nitrogens is 4. The van der Waals surface area contributed by atoms with E-state index in [0.717, 1.165) is 71.8 Å². The number of aryl methyl sites for hydroxylation is 6. The number of amides is 1. The van der Waals surface area contributed by atoms with Crippen LogP contribution >= 0.6 is 23.2 Å². The highest BCUT2D eigenvalue weighted by Gasteiger charge is 2.37. The fraction of sp³-hybridized carbons (Fsp3) is 0.289. The van der Waals surface area contributed by atoms with Crippen molar-refractivity contribution >= 4 is 62.7 Å². The van der Waals surface area contributed by atoms with Gasteiger partial charge in [-0.3, -0.25) is 14.8 Å². The van der Waals surface area contributed by atoms with Gasteiger partial charge in [0.05, 0.1) is 28.4 Å².